The molecule has 0 saturated carbocycles. The maximum absolute atomic E-state index is 13.0. The molecule has 1 aromatic heterocycles. The molecule has 2 aromatic rings. The molecule has 0 spiro atoms. The van der Waals surface area contributed by atoms with Crippen LogP contribution >= 0.6 is 0 Å². The molecule has 1 unspecified atom stereocenters. The number of carbonyl (C=O) groups is 1. The summed E-state index contributed by atoms with van der Waals surface area (Å²) in [6.45, 7) is 1.99. The molecule has 0 amide bonds. The van der Waals surface area contributed by atoms with Crippen molar-refractivity contribution in [3.63, 3.8) is 0 Å². The van der Waals surface area contributed by atoms with Crippen molar-refractivity contribution in [2.45, 2.75) is 30.7 Å². The molecule has 2 heterocycles. The van der Waals surface area contributed by atoms with Crippen molar-refractivity contribution in [2.75, 3.05) is 6.54 Å². The minimum Gasteiger partial charge on any atom is -0.353 e. The maximum Gasteiger partial charge on any atom is 0.243 e. The van der Waals surface area contributed by atoms with Gasteiger partial charge in [-0.3, -0.25) is 4.79 Å². The summed E-state index contributed by atoms with van der Waals surface area (Å²) in [4.78, 5) is 11.6. The van der Waals surface area contributed by atoms with Gasteiger partial charge in [0.25, 0.3) is 0 Å². The highest BCUT2D eigenvalue weighted by Crippen LogP contribution is 2.36. The number of benzene rings is 1. The minimum absolute atomic E-state index is 0.0724. The first-order chi connectivity index (χ1) is 10.9. The Balaban J connectivity index is 1.95. The molecule has 1 aliphatic heterocycles. The Hall–Kier alpha value is -1.92. The Morgan fingerprint density at radius 2 is 1.87 bits per heavy atom. The Morgan fingerprint density at radius 3 is 2.43 bits per heavy atom. The lowest BCUT2D eigenvalue weighted by Crippen LogP contribution is -2.31. The zero-order chi connectivity index (χ0) is 16.6. The monoisotopic (exact) mass is 332 g/mol. The molecule has 122 valence electrons. The van der Waals surface area contributed by atoms with E-state index in [2.05, 4.69) is 0 Å². The molecule has 0 aliphatic carbocycles. The van der Waals surface area contributed by atoms with E-state index in [1.807, 2.05) is 29.9 Å². The van der Waals surface area contributed by atoms with Crippen molar-refractivity contribution in [3.8, 4) is 0 Å². The predicted molar refractivity (Wildman–Crippen MR) is 87.7 cm³/mol. The predicted octanol–water partition coefficient (Wildman–Crippen LogP) is 2.75. The van der Waals surface area contributed by atoms with Gasteiger partial charge in [0.05, 0.1) is 10.9 Å². The molecular formula is C17H20N2O3S. The van der Waals surface area contributed by atoms with Crippen molar-refractivity contribution < 1.29 is 13.2 Å². The van der Waals surface area contributed by atoms with Crippen LogP contribution in [0.2, 0.25) is 0 Å². The molecule has 0 radical (unpaired) electrons. The first kappa shape index (κ1) is 16.0. The smallest absolute Gasteiger partial charge is 0.243 e. The van der Waals surface area contributed by atoms with Gasteiger partial charge in [-0.15, -0.1) is 0 Å². The van der Waals surface area contributed by atoms with Crippen molar-refractivity contribution in [3.05, 3.63) is 53.9 Å². The van der Waals surface area contributed by atoms with Crippen LogP contribution in [0.5, 0.6) is 0 Å². The van der Waals surface area contributed by atoms with Gasteiger partial charge < -0.3 is 4.57 Å². The van der Waals surface area contributed by atoms with Crippen LogP contribution in [0, 0.1) is 0 Å². The summed E-state index contributed by atoms with van der Waals surface area (Å²) in [6, 6.07) is 9.95. The highest BCUT2D eigenvalue weighted by Gasteiger charge is 2.37. The first-order valence-corrected chi connectivity index (χ1v) is 9.09. The largest absolute Gasteiger partial charge is 0.353 e. The van der Waals surface area contributed by atoms with E-state index in [-0.39, 0.29) is 16.7 Å². The van der Waals surface area contributed by atoms with Gasteiger partial charge in [0.15, 0.2) is 5.78 Å². The number of aromatic nitrogens is 1. The Labute approximate surface area is 136 Å². The van der Waals surface area contributed by atoms with Crippen LogP contribution in [0.25, 0.3) is 0 Å². The third-order valence-corrected chi connectivity index (χ3v) is 6.32. The van der Waals surface area contributed by atoms with E-state index in [0.717, 1.165) is 18.5 Å². The van der Waals surface area contributed by atoms with Gasteiger partial charge in [0.2, 0.25) is 10.0 Å². The number of nitrogens with zero attached hydrogens (tertiary/aromatic N) is 2. The summed E-state index contributed by atoms with van der Waals surface area (Å²) in [5.41, 5.74) is 1.52. The van der Waals surface area contributed by atoms with Crippen LogP contribution in [-0.2, 0) is 17.1 Å². The number of Topliss-reactive ketones (excluding diaryl/α,β-unsaturated/α-hetero) is 1. The second kappa shape index (κ2) is 5.94. The number of hydrogen-bond acceptors (Lipinski definition) is 3. The van der Waals surface area contributed by atoms with Crippen LogP contribution < -0.4 is 0 Å². The van der Waals surface area contributed by atoms with Crippen LogP contribution in [0.1, 0.15) is 41.9 Å². The fourth-order valence-electron chi connectivity index (χ4n) is 3.14. The van der Waals surface area contributed by atoms with Gasteiger partial charge in [0, 0.05) is 31.0 Å². The van der Waals surface area contributed by atoms with Gasteiger partial charge in [-0.05, 0) is 44.0 Å². The maximum atomic E-state index is 13.0. The van der Waals surface area contributed by atoms with Gasteiger partial charge in [-0.2, -0.15) is 4.31 Å². The Kier molecular flexibility index (Phi) is 4.12. The minimum atomic E-state index is -3.56. The zero-order valence-corrected chi connectivity index (χ0v) is 14.1. The number of sulfonamides is 1. The highest BCUT2D eigenvalue weighted by molar-refractivity contribution is 7.89. The lowest BCUT2D eigenvalue weighted by Gasteiger charge is -2.24. The molecule has 0 N–H and O–H groups in total. The lowest BCUT2D eigenvalue weighted by molar-refractivity contribution is 0.101. The van der Waals surface area contributed by atoms with Crippen LogP contribution in [-0.4, -0.2) is 29.6 Å². The molecule has 1 aliphatic rings. The van der Waals surface area contributed by atoms with Gasteiger partial charge in [-0.1, -0.05) is 12.1 Å². The van der Waals surface area contributed by atoms with Crippen LogP contribution in [0.15, 0.2) is 47.5 Å². The summed E-state index contributed by atoms with van der Waals surface area (Å²) in [5, 5.41) is 0. The third-order valence-electron chi connectivity index (χ3n) is 4.40. The number of ketones is 1. The molecular weight excluding hydrogens is 312 g/mol. The quantitative estimate of drug-likeness (QED) is 0.809. The summed E-state index contributed by atoms with van der Waals surface area (Å²) < 4.78 is 29.5. The number of rotatable bonds is 4. The first-order valence-electron chi connectivity index (χ1n) is 7.65. The van der Waals surface area contributed by atoms with E-state index >= 15 is 0 Å². The topological polar surface area (TPSA) is 59.4 Å². The molecule has 1 aromatic carbocycles. The van der Waals surface area contributed by atoms with Gasteiger partial charge >= 0.3 is 0 Å². The van der Waals surface area contributed by atoms with Crippen molar-refractivity contribution in [1.29, 1.82) is 0 Å². The fourth-order valence-corrected chi connectivity index (χ4v) is 4.81. The van der Waals surface area contributed by atoms with Crippen molar-refractivity contribution >= 4 is 15.8 Å². The van der Waals surface area contributed by atoms with Crippen LogP contribution in [0.4, 0.5) is 0 Å². The molecule has 3 rings (SSSR count). The summed E-state index contributed by atoms with van der Waals surface area (Å²) >= 11 is 0. The number of aryl methyl sites for hydroxylation is 1. The normalized spacial score (nSPS) is 19.1. The highest BCUT2D eigenvalue weighted by atomic mass is 32.2. The van der Waals surface area contributed by atoms with Crippen molar-refractivity contribution in [2.24, 2.45) is 7.05 Å². The number of carbonyl (C=O) groups excluding carboxylic acids is 1. The molecule has 1 fully saturated rings. The van der Waals surface area contributed by atoms with Gasteiger partial charge in [-0.25, -0.2) is 8.42 Å². The zero-order valence-electron chi connectivity index (χ0n) is 13.3. The molecule has 1 saturated heterocycles. The third kappa shape index (κ3) is 2.84. The van der Waals surface area contributed by atoms with Crippen molar-refractivity contribution in [1.82, 2.24) is 8.87 Å². The summed E-state index contributed by atoms with van der Waals surface area (Å²) in [6.07, 6.45) is 3.60. The summed E-state index contributed by atoms with van der Waals surface area (Å²) in [7, 11) is -1.63. The molecule has 0 bridgehead atoms. The molecule has 23 heavy (non-hydrogen) atoms. The lowest BCUT2D eigenvalue weighted by atomic mass is 10.1. The molecule has 5 nitrogen and oxygen atoms in total. The average molecular weight is 332 g/mol. The Morgan fingerprint density at radius 1 is 1.17 bits per heavy atom. The standard InChI is InChI=1S/C17H20N2O3S/c1-13(20)14-7-9-15(10-8-14)23(21,22)19-12-4-6-17(19)16-5-3-11-18(16)2/h3,5,7-11,17H,4,6,12H2,1-2H3. The molecule has 1 atom stereocenters. The number of hydrogen-bond donors (Lipinski definition) is 0. The van der Waals surface area contributed by atoms with E-state index in [4.69, 9.17) is 0 Å². The molecule has 6 heteroatoms. The second-order valence-electron chi connectivity index (χ2n) is 5.90. The van der Waals surface area contributed by atoms with E-state index in [0.29, 0.717) is 12.1 Å². The van der Waals surface area contributed by atoms with E-state index in [1.54, 1.807) is 16.4 Å². The second-order valence-corrected chi connectivity index (χ2v) is 7.79. The van der Waals surface area contributed by atoms with Crippen LogP contribution in [0.3, 0.4) is 0 Å². The SMILES string of the molecule is CC(=O)c1ccc(S(=O)(=O)N2CCCC2c2cccn2C)cc1. The van der Waals surface area contributed by atoms with E-state index in [9.17, 15) is 13.2 Å². The van der Waals surface area contributed by atoms with E-state index < -0.39 is 10.0 Å². The summed E-state index contributed by atoms with van der Waals surface area (Å²) in [5.74, 6) is -0.0724. The fraction of sp³-hybridized carbons (Fsp3) is 0.353. The van der Waals surface area contributed by atoms with E-state index in [1.165, 1.54) is 19.1 Å². The van der Waals surface area contributed by atoms with Gasteiger partial charge in [0.1, 0.15) is 0 Å². The average Bonchev–Trinajstić information content (AvgIpc) is 3.15. The Bertz CT molecular complexity index is 822.